The highest BCUT2D eigenvalue weighted by atomic mass is 19.4. The summed E-state index contributed by atoms with van der Waals surface area (Å²) < 4.78 is 40.5. The van der Waals surface area contributed by atoms with E-state index in [4.69, 9.17) is 0 Å². The van der Waals surface area contributed by atoms with Crippen molar-refractivity contribution >= 4 is 5.91 Å². The topological polar surface area (TPSA) is 38.3 Å². The molecule has 0 bridgehead atoms. The zero-order valence-corrected chi connectivity index (χ0v) is 8.75. The molecule has 0 aromatic heterocycles. The number of benzene rings is 1. The fraction of sp³-hybridized carbons (Fsp3) is 0.364. The average Bonchev–Trinajstić information content (AvgIpc) is 2.63. The van der Waals surface area contributed by atoms with E-state index in [1.54, 1.807) is 12.1 Å². The number of nitrogens with one attached hydrogen (secondary N) is 1. The molecule has 1 atom stereocenters. The van der Waals surface area contributed by atoms with Gasteiger partial charge in [0, 0.05) is 18.9 Å². The third kappa shape index (κ3) is 2.89. The number of alkyl halides is 3. The number of halogens is 3. The van der Waals surface area contributed by atoms with Crippen LogP contribution >= 0.6 is 0 Å². The molecule has 1 aromatic carbocycles. The lowest BCUT2D eigenvalue weighted by Crippen LogP contribution is -2.19. The summed E-state index contributed by atoms with van der Waals surface area (Å²) >= 11 is 0. The summed E-state index contributed by atoms with van der Waals surface area (Å²) in [7, 11) is 0. The Balaban J connectivity index is 2.24. The third-order valence-corrected chi connectivity index (χ3v) is 2.56. The van der Waals surface area contributed by atoms with E-state index in [9.17, 15) is 18.0 Å². The summed E-state index contributed by atoms with van der Waals surface area (Å²) in [5.74, 6) is -0.653. The van der Waals surface area contributed by atoms with E-state index in [1.165, 1.54) is 12.1 Å². The molecule has 0 saturated carbocycles. The maximum Gasteiger partial charge on any atom is 0.573 e. The van der Waals surface area contributed by atoms with E-state index in [0.717, 1.165) is 0 Å². The third-order valence-electron chi connectivity index (χ3n) is 2.56. The van der Waals surface area contributed by atoms with Gasteiger partial charge in [-0.25, -0.2) is 0 Å². The Morgan fingerprint density at radius 3 is 2.59 bits per heavy atom. The SMILES string of the molecule is O=C1CC(c2ccccc2OC(F)(F)F)CN1. The van der Waals surface area contributed by atoms with Gasteiger partial charge < -0.3 is 10.1 Å². The molecule has 6 heteroatoms. The zero-order valence-electron chi connectivity index (χ0n) is 8.75. The van der Waals surface area contributed by atoms with Gasteiger partial charge in [0.1, 0.15) is 5.75 Å². The molecule has 0 spiro atoms. The van der Waals surface area contributed by atoms with Crippen molar-refractivity contribution in [1.82, 2.24) is 5.32 Å². The maximum absolute atomic E-state index is 12.2. The number of carbonyl (C=O) groups is 1. The molecule has 1 aliphatic heterocycles. The second-order valence-corrected chi connectivity index (χ2v) is 3.79. The summed E-state index contributed by atoms with van der Waals surface area (Å²) in [6.07, 6.45) is -4.52. The van der Waals surface area contributed by atoms with Crippen molar-refractivity contribution in [3.05, 3.63) is 29.8 Å². The normalized spacial score (nSPS) is 20.2. The number of hydrogen-bond acceptors (Lipinski definition) is 2. The van der Waals surface area contributed by atoms with Crippen LogP contribution in [0.4, 0.5) is 13.2 Å². The second-order valence-electron chi connectivity index (χ2n) is 3.79. The molecule has 1 aliphatic rings. The zero-order chi connectivity index (χ0) is 12.5. The van der Waals surface area contributed by atoms with Crippen LogP contribution in [-0.2, 0) is 4.79 Å². The highest BCUT2D eigenvalue weighted by molar-refractivity contribution is 5.79. The first-order valence-corrected chi connectivity index (χ1v) is 5.07. The minimum atomic E-state index is -4.72. The Labute approximate surface area is 95.6 Å². The number of amides is 1. The van der Waals surface area contributed by atoms with Crippen LogP contribution < -0.4 is 10.1 Å². The van der Waals surface area contributed by atoms with Gasteiger partial charge in [-0.3, -0.25) is 4.79 Å². The van der Waals surface area contributed by atoms with Gasteiger partial charge in [0.25, 0.3) is 0 Å². The van der Waals surface area contributed by atoms with Gasteiger partial charge >= 0.3 is 6.36 Å². The molecule has 1 saturated heterocycles. The smallest absolute Gasteiger partial charge is 0.405 e. The largest absolute Gasteiger partial charge is 0.573 e. The maximum atomic E-state index is 12.2. The van der Waals surface area contributed by atoms with Crippen molar-refractivity contribution < 1.29 is 22.7 Å². The molecule has 1 fully saturated rings. The monoisotopic (exact) mass is 245 g/mol. The standard InChI is InChI=1S/C11H10F3NO2/c12-11(13,14)17-9-4-2-1-3-8(9)7-5-10(16)15-6-7/h1-4,7H,5-6H2,(H,15,16). The Bertz CT molecular complexity index is 431. The highest BCUT2D eigenvalue weighted by Crippen LogP contribution is 2.33. The fourth-order valence-electron chi connectivity index (χ4n) is 1.86. The van der Waals surface area contributed by atoms with Crippen LogP contribution in [0.1, 0.15) is 17.9 Å². The molecule has 92 valence electrons. The fourth-order valence-corrected chi connectivity index (χ4v) is 1.86. The molecular formula is C11H10F3NO2. The summed E-state index contributed by atoms with van der Waals surface area (Å²) in [6, 6.07) is 5.90. The lowest BCUT2D eigenvalue weighted by molar-refractivity contribution is -0.274. The molecule has 2 rings (SSSR count). The van der Waals surface area contributed by atoms with E-state index in [2.05, 4.69) is 10.1 Å². The van der Waals surface area contributed by atoms with Crippen LogP contribution in [0.3, 0.4) is 0 Å². The summed E-state index contributed by atoms with van der Waals surface area (Å²) in [6.45, 7) is 0.344. The van der Waals surface area contributed by atoms with E-state index in [-0.39, 0.29) is 24.0 Å². The predicted octanol–water partition coefficient (Wildman–Crippen LogP) is 2.19. The molecule has 1 heterocycles. The van der Waals surface area contributed by atoms with E-state index >= 15 is 0 Å². The van der Waals surface area contributed by atoms with Gasteiger partial charge in [-0.1, -0.05) is 18.2 Å². The van der Waals surface area contributed by atoms with Crippen LogP contribution in [0.5, 0.6) is 5.75 Å². The number of rotatable bonds is 2. The molecule has 1 amide bonds. The second kappa shape index (κ2) is 4.27. The number of ether oxygens (including phenoxy) is 1. The quantitative estimate of drug-likeness (QED) is 0.867. The van der Waals surface area contributed by atoms with Crippen molar-refractivity contribution in [1.29, 1.82) is 0 Å². The van der Waals surface area contributed by atoms with E-state index < -0.39 is 6.36 Å². The van der Waals surface area contributed by atoms with Gasteiger partial charge in [0.15, 0.2) is 0 Å². The van der Waals surface area contributed by atoms with Crippen molar-refractivity contribution in [2.24, 2.45) is 0 Å². The van der Waals surface area contributed by atoms with Crippen LogP contribution in [0, 0.1) is 0 Å². The predicted molar refractivity (Wildman–Crippen MR) is 53.5 cm³/mol. The summed E-state index contributed by atoms with van der Waals surface area (Å²) in [4.78, 5) is 11.0. The van der Waals surface area contributed by atoms with Crippen molar-refractivity contribution in [3.8, 4) is 5.75 Å². The van der Waals surface area contributed by atoms with Crippen LogP contribution in [0.2, 0.25) is 0 Å². The molecule has 0 aliphatic carbocycles. The van der Waals surface area contributed by atoms with Crippen LogP contribution in [-0.4, -0.2) is 18.8 Å². The van der Waals surface area contributed by atoms with Gasteiger partial charge in [-0.15, -0.1) is 13.2 Å². The lowest BCUT2D eigenvalue weighted by atomic mass is 9.97. The first-order chi connectivity index (χ1) is 7.96. The Morgan fingerprint density at radius 1 is 1.29 bits per heavy atom. The van der Waals surface area contributed by atoms with Gasteiger partial charge in [0.2, 0.25) is 5.91 Å². The lowest BCUT2D eigenvalue weighted by Gasteiger charge is -2.15. The van der Waals surface area contributed by atoms with Crippen LogP contribution in [0.15, 0.2) is 24.3 Å². The minimum Gasteiger partial charge on any atom is -0.405 e. The highest BCUT2D eigenvalue weighted by Gasteiger charge is 2.34. The Hall–Kier alpha value is -1.72. The van der Waals surface area contributed by atoms with Crippen molar-refractivity contribution in [3.63, 3.8) is 0 Å². The summed E-state index contributed by atoms with van der Waals surface area (Å²) in [5.41, 5.74) is 0.406. The van der Waals surface area contributed by atoms with Gasteiger partial charge in [-0.05, 0) is 11.6 Å². The Morgan fingerprint density at radius 2 is 2.00 bits per heavy atom. The summed E-state index contributed by atoms with van der Waals surface area (Å²) in [5, 5.41) is 2.58. The first-order valence-electron chi connectivity index (χ1n) is 5.07. The van der Waals surface area contributed by atoms with E-state index in [0.29, 0.717) is 12.1 Å². The molecule has 0 radical (unpaired) electrons. The average molecular weight is 245 g/mol. The molecule has 1 aromatic rings. The number of para-hydroxylation sites is 1. The molecule has 1 N–H and O–H groups in total. The van der Waals surface area contributed by atoms with Crippen molar-refractivity contribution in [2.45, 2.75) is 18.7 Å². The first kappa shape index (κ1) is 11.8. The number of carbonyl (C=O) groups excluding carboxylic acids is 1. The molecule has 1 unspecified atom stereocenters. The number of hydrogen-bond donors (Lipinski definition) is 1. The Kier molecular flexibility index (Phi) is 2.95. The molecule has 17 heavy (non-hydrogen) atoms. The van der Waals surface area contributed by atoms with Crippen LogP contribution in [0.25, 0.3) is 0 Å². The molecular weight excluding hydrogens is 235 g/mol. The van der Waals surface area contributed by atoms with Crippen molar-refractivity contribution in [2.75, 3.05) is 6.54 Å². The molecule has 3 nitrogen and oxygen atoms in total. The van der Waals surface area contributed by atoms with Gasteiger partial charge in [-0.2, -0.15) is 0 Å². The van der Waals surface area contributed by atoms with Gasteiger partial charge in [0.05, 0.1) is 0 Å². The van der Waals surface area contributed by atoms with E-state index in [1.807, 2.05) is 0 Å². The minimum absolute atomic E-state index is 0.156.